The molecule has 1 atom stereocenters. The zero-order valence-electron chi connectivity index (χ0n) is 16.9. The first-order valence-corrected chi connectivity index (χ1v) is 9.57. The summed E-state index contributed by atoms with van der Waals surface area (Å²) in [5, 5.41) is 15.3. The smallest absolute Gasteiger partial charge is 0.409 e. The number of rotatable bonds is 5. The second kappa shape index (κ2) is 7.94. The number of benzene rings is 2. The van der Waals surface area contributed by atoms with Crippen molar-refractivity contribution >= 4 is 29.2 Å². The summed E-state index contributed by atoms with van der Waals surface area (Å²) in [6.07, 6.45) is 0.0576. The minimum absolute atomic E-state index is 0.138. The highest BCUT2D eigenvalue weighted by Gasteiger charge is 2.34. The van der Waals surface area contributed by atoms with E-state index in [0.717, 1.165) is 0 Å². The number of hydrogen-bond acceptors (Lipinski definition) is 5. The van der Waals surface area contributed by atoms with Gasteiger partial charge in [-0.2, -0.15) is 5.10 Å². The highest BCUT2D eigenvalue weighted by molar-refractivity contribution is 6.12. The number of fused-ring (bicyclic) bond motifs is 1. The number of aromatic nitrogens is 2. The van der Waals surface area contributed by atoms with Crippen LogP contribution in [0.3, 0.4) is 0 Å². The summed E-state index contributed by atoms with van der Waals surface area (Å²) in [5.74, 6) is 0.0685. The molecule has 0 radical (unpaired) electrons. The van der Waals surface area contributed by atoms with E-state index in [9.17, 15) is 14.4 Å². The van der Waals surface area contributed by atoms with Crippen LogP contribution in [0, 0.1) is 0 Å². The number of nitrogens with zero attached hydrogens (tertiary/aromatic N) is 3. The first kappa shape index (κ1) is 20.1. The van der Waals surface area contributed by atoms with Crippen LogP contribution in [0.5, 0.6) is 5.75 Å². The van der Waals surface area contributed by atoms with E-state index in [0.29, 0.717) is 29.1 Å². The van der Waals surface area contributed by atoms with Crippen molar-refractivity contribution in [3.8, 4) is 5.75 Å². The first-order chi connectivity index (χ1) is 14.9. The third-order valence-corrected chi connectivity index (χ3v) is 5.12. The van der Waals surface area contributed by atoms with Crippen molar-refractivity contribution in [3.63, 3.8) is 0 Å². The van der Waals surface area contributed by atoms with Gasteiger partial charge in [-0.1, -0.05) is 12.1 Å². The van der Waals surface area contributed by atoms with Gasteiger partial charge in [-0.15, -0.1) is 0 Å². The van der Waals surface area contributed by atoms with Gasteiger partial charge in [0.05, 0.1) is 31.6 Å². The molecule has 2 heterocycles. The van der Waals surface area contributed by atoms with Gasteiger partial charge in [-0.3, -0.25) is 19.6 Å². The van der Waals surface area contributed by atoms with Gasteiger partial charge in [-0.25, -0.2) is 4.79 Å². The molecule has 3 aromatic rings. The van der Waals surface area contributed by atoms with Gasteiger partial charge in [0, 0.05) is 16.8 Å². The number of ketones is 1. The van der Waals surface area contributed by atoms with Crippen molar-refractivity contribution in [1.82, 2.24) is 9.78 Å². The average Bonchev–Trinajstić information content (AvgIpc) is 3.15. The SMILES string of the molecule is COc1cccc(C(=O)c2ccc(N3C(=O)c4c(NC(=O)O)cnn4CC3C)cc2)c1. The molecule has 4 rings (SSSR count). The zero-order chi connectivity index (χ0) is 22.1. The Kier molecular flexibility index (Phi) is 5.16. The number of carbonyl (C=O) groups is 3. The molecule has 9 heteroatoms. The number of amides is 2. The van der Waals surface area contributed by atoms with Crippen molar-refractivity contribution in [1.29, 1.82) is 0 Å². The standard InChI is InChI=1S/C22H20N4O5/c1-13-12-25-19(18(11-23-25)24-22(29)30)21(28)26(13)16-8-6-14(7-9-16)20(27)15-4-3-5-17(10-15)31-2/h3-11,13,24H,12H2,1-2H3,(H,29,30). The first-order valence-electron chi connectivity index (χ1n) is 9.57. The van der Waals surface area contributed by atoms with Crippen molar-refractivity contribution in [3.05, 3.63) is 71.5 Å². The van der Waals surface area contributed by atoms with Gasteiger partial charge in [0.1, 0.15) is 5.75 Å². The molecule has 158 valence electrons. The average molecular weight is 420 g/mol. The van der Waals surface area contributed by atoms with E-state index in [4.69, 9.17) is 9.84 Å². The lowest BCUT2D eigenvalue weighted by Gasteiger charge is -2.34. The van der Waals surface area contributed by atoms with E-state index >= 15 is 0 Å². The third kappa shape index (κ3) is 3.73. The molecule has 2 amide bonds. The molecule has 1 aliphatic heterocycles. The molecule has 0 bridgehead atoms. The molecule has 2 aromatic carbocycles. The minimum Gasteiger partial charge on any atom is -0.497 e. The van der Waals surface area contributed by atoms with Gasteiger partial charge in [0.2, 0.25) is 0 Å². The highest BCUT2D eigenvalue weighted by Crippen LogP contribution is 2.29. The van der Waals surface area contributed by atoms with Crippen LogP contribution in [0.15, 0.2) is 54.7 Å². The molecule has 0 fully saturated rings. The number of carboxylic acid groups (broad SMARTS) is 1. The van der Waals surface area contributed by atoms with Gasteiger partial charge in [0.25, 0.3) is 5.91 Å². The summed E-state index contributed by atoms with van der Waals surface area (Å²) < 4.78 is 6.67. The van der Waals surface area contributed by atoms with Crippen LogP contribution in [-0.2, 0) is 6.54 Å². The van der Waals surface area contributed by atoms with Crippen molar-refractivity contribution in [2.75, 3.05) is 17.3 Å². The maximum Gasteiger partial charge on any atom is 0.409 e. The van der Waals surface area contributed by atoms with E-state index in [1.165, 1.54) is 10.9 Å². The molecule has 1 unspecified atom stereocenters. The van der Waals surface area contributed by atoms with Crippen LogP contribution >= 0.6 is 0 Å². The highest BCUT2D eigenvalue weighted by atomic mass is 16.5. The molecule has 9 nitrogen and oxygen atoms in total. The van der Waals surface area contributed by atoms with Crippen LogP contribution < -0.4 is 15.0 Å². The molecule has 1 aromatic heterocycles. The number of anilines is 2. The molecule has 0 spiro atoms. The second-order valence-electron chi connectivity index (χ2n) is 7.15. The van der Waals surface area contributed by atoms with Gasteiger partial charge in [0.15, 0.2) is 11.5 Å². The second-order valence-corrected chi connectivity index (χ2v) is 7.15. The number of carbonyl (C=O) groups excluding carboxylic acids is 2. The van der Waals surface area contributed by atoms with Crippen LogP contribution in [0.1, 0.15) is 33.3 Å². The number of hydrogen-bond donors (Lipinski definition) is 2. The summed E-state index contributed by atoms with van der Waals surface area (Å²) in [4.78, 5) is 38.5. The molecule has 1 aliphatic rings. The third-order valence-electron chi connectivity index (χ3n) is 5.12. The quantitative estimate of drug-likeness (QED) is 0.613. The fraction of sp³-hybridized carbons (Fsp3) is 0.182. The largest absolute Gasteiger partial charge is 0.497 e. The summed E-state index contributed by atoms with van der Waals surface area (Å²) in [6, 6.07) is 13.4. The molecule has 2 N–H and O–H groups in total. The monoisotopic (exact) mass is 420 g/mol. The Morgan fingerprint density at radius 3 is 2.58 bits per heavy atom. The number of methoxy groups -OCH3 is 1. The van der Waals surface area contributed by atoms with Gasteiger partial charge in [-0.05, 0) is 43.3 Å². The van der Waals surface area contributed by atoms with E-state index in [2.05, 4.69) is 10.4 Å². The van der Waals surface area contributed by atoms with E-state index in [1.54, 1.807) is 60.5 Å². The number of nitrogens with one attached hydrogen (secondary N) is 1. The van der Waals surface area contributed by atoms with Crippen LogP contribution in [0.4, 0.5) is 16.2 Å². The molecule has 31 heavy (non-hydrogen) atoms. The lowest BCUT2D eigenvalue weighted by atomic mass is 10.0. The minimum atomic E-state index is -1.27. The van der Waals surface area contributed by atoms with Gasteiger partial charge < -0.3 is 14.7 Å². The maximum absolute atomic E-state index is 13.2. The molecular weight excluding hydrogens is 400 g/mol. The molecule has 0 saturated heterocycles. The summed E-state index contributed by atoms with van der Waals surface area (Å²) in [6.45, 7) is 2.29. The Balaban J connectivity index is 1.61. The molecular formula is C22H20N4O5. The summed E-state index contributed by atoms with van der Waals surface area (Å²) in [5.41, 5.74) is 1.90. The van der Waals surface area contributed by atoms with E-state index < -0.39 is 6.09 Å². The summed E-state index contributed by atoms with van der Waals surface area (Å²) in [7, 11) is 1.54. The summed E-state index contributed by atoms with van der Waals surface area (Å²) >= 11 is 0. The lowest BCUT2D eigenvalue weighted by Crippen LogP contribution is -2.47. The maximum atomic E-state index is 13.2. The van der Waals surface area contributed by atoms with Crippen LogP contribution in [0.2, 0.25) is 0 Å². The van der Waals surface area contributed by atoms with Crippen LogP contribution in [0.25, 0.3) is 0 Å². The fourth-order valence-electron chi connectivity index (χ4n) is 3.68. The predicted molar refractivity (Wildman–Crippen MR) is 113 cm³/mol. The fourth-order valence-corrected chi connectivity index (χ4v) is 3.68. The Hall–Kier alpha value is -4.14. The van der Waals surface area contributed by atoms with Crippen LogP contribution in [-0.4, -0.2) is 45.8 Å². The topological polar surface area (TPSA) is 114 Å². The van der Waals surface area contributed by atoms with Crippen molar-refractivity contribution in [2.24, 2.45) is 0 Å². The van der Waals surface area contributed by atoms with Crippen molar-refractivity contribution in [2.45, 2.75) is 19.5 Å². The van der Waals surface area contributed by atoms with E-state index in [1.807, 2.05) is 6.92 Å². The van der Waals surface area contributed by atoms with Gasteiger partial charge >= 0.3 is 6.09 Å². The molecule has 0 saturated carbocycles. The Morgan fingerprint density at radius 1 is 1.16 bits per heavy atom. The lowest BCUT2D eigenvalue weighted by molar-refractivity contribution is 0.0947. The normalized spacial score (nSPS) is 15.4. The van der Waals surface area contributed by atoms with E-state index in [-0.39, 0.29) is 29.1 Å². The zero-order valence-corrected chi connectivity index (χ0v) is 16.9. The Bertz CT molecular complexity index is 1170. The number of ether oxygens (including phenoxy) is 1. The molecule has 0 aliphatic carbocycles. The predicted octanol–water partition coefficient (Wildman–Crippen LogP) is 3.26. The van der Waals surface area contributed by atoms with Crippen molar-refractivity contribution < 1.29 is 24.2 Å². The Morgan fingerprint density at radius 2 is 1.90 bits per heavy atom. The Labute approximate surface area is 177 Å².